The van der Waals surface area contributed by atoms with Crippen LogP contribution in [0.15, 0.2) is 65.8 Å². The molecule has 0 radical (unpaired) electrons. The van der Waals surface area contributed by atoms with E-state index in [0.717, 1.165) is 17.0 Å². The summed E-state index contributed by atoms with van der Waals surface area (Å²) >= 11 is 0. The maximum absolute atomic E-state index is 14.6. The summed E-state index contributed by atoms with van der Waals surface area (Å²) in [6.07, 6.45) is 1.17. The summed E-state index contributed by atoms with van der Waals surface area (Å²) in [7, 11) is 1.44. The Labute approximate surface area is 180 Å². The van der Waals surface area contributed by atoms with Crippen molar-refractivity contribution in [2.45, 2.75) is 12.2 Å². The van der Waals surface area contributed by atoms with Crippen LogP contribution in [-0.2, 0) is 10.3 Å². The van der Waals surface area contributed by atoms with Crippen LogP contribution in [0.1, 0.15) is 11.1 Å². The number of guanidine groups is 1. The van der Waals surface area contributed by atoms with E-state index in [1.807, 2.05) is 0 Å². The Hall–Kier alpha value is -3.95. The summed E-state index contributed by atoms with van der Waals surface area (Å²) in [4.78, 5) is 22.4. The molecule has 1 unspecified atom stereocenters. The lowest BCUT2D eigenvalue weighted by Gasteiger charge is -2.27. The third-order valence-electron chi connectivity index (χ3n) is 5.16. The molecule has 6 nitrogen and oxygen atoms in total. The summed E-state index contributed by atoms with van der Waals surface area (Å²) in [5.74, 6) is -2.04. The topological polar surface area (TPSA) is 80.8 Å². The van der Waals surface area contributed by atoms with Crippen LogP contribution in [-0.4, -0.2) is 35.4 Å². The molecule has 0 aliphatic carbocycles. The summed E-state index contributed by atoms with van der Waals surface area (Å²) in [6.45, 7) is -3.01. The summed E-state index contributed by atoms with van der Waals surface area (Å²) in [6, 6.07) is 11.7. The first-order chi connectivity index (χ1) is 15.2. The van der Waals surface area contributed by atoms with E-state index in [2.05, 4.69) is 14.7 Å². The van der Waals surface area contributed by atoms with Gasteiger partial charge in [0.2, 0.25) is 5.95 Å². The molecule has 2 aromatic carbocycles. The first kappa shape index (κ1) is 21.3. The predicted octanol–water partition coefficient (Wildman–Crippen LogP) is 3.66. The van der Waals surface area contributed by atoms with Crippen molar-refractivity contribution in [2.24, 2.45) is 10.7 Å². The molecular weight excluding hydrogens is 428 g/mol. The molecule has 0 bridgehead atoms. The number of aliphatic imine (C=N–C) groups is 1. The molecular formula is C22H16F4N4O2. The fourth-order valence-corrected chi connectivity index (χ4v) is 3.57. The van der Waals surface area contributed by atoms with E-state index in [4.69, 9.17) is 5.73 Å². The Bertz CT molecular complexity index is 1200. The maximum atomic E-state index is 14.6. The van der Waals surface area contributed by atoms with Gasteiger partial charge in [0, 0.05) is 24.4 Å². The van der Waals surface area contributed by atoms with Crippen LogP contribution in [0, 0.1) is 11.8 Å². The van der Waals surface area contributed by atoms with Crippen LogP contribution in [0.4, 0.5) is 17.6 Å². The Morgan fingerprint density at radius 3 is 2.28 bits per heavy atom. The fraction of sp³-hybridized carbons (Fsp3) is 0.136. The van der Waals surface area contributed by atoms with Crippen molar-refractivity contribution in [3.63, 3.8) is 0 Å². The Balaban J connectivity index is 1.88. The maximum Gasteiger partial charge on any atom is 0.387 e. The first-order valence-electron chi connectivity index (χ1n) is 9.33. The monoisotopic (exact) mass is 444 g/mol. The molecule has 0 spiro atoms. The number of aromatic nitrogens is 1. The van der Waals surface area contributed by atoms with Crippen molar-refractivity contribution in [3.05, 3.63) is 83.7 Å². The zero-order chi connectivity index (χ0) is 23.0. The molecule has 1 aromatic heterocycles. The highest BCUT2D eigenvalue weighted by Crippen LogP contribution is 2.41. The summed E-state index contributed by atoms with van der Waals surface area (Å²) < 4.78 is 57.2. The van der Waals surface area contributed by atoms with Crippen molar-refractivity contribution in [3.8, 4) is 16.9 Å². The van der Waals surface area contributed by atoms with Gasteiger partial charge in [-0.15, -0.1) is 0 Å². The number of carbonyl (C=O) groups excluding carboxylic acids is 1. The lowest BCUT2D eigenvalue weighted by molar-refractivity contribution is -0.129. The molecule has 4 rings (SSSR count). The van der Waals surface area contributed by atoms with Gasteiger partial charge in [-0.3, -0.25) is 9.69 Å². The normalized spacial score (nSPS) is 18.2. The van der Waals surface area contributed by atoms with Gasteiger partial charge >= 0.3 is 6.61 Å². The number of pyridine rings is 1. The van der Waals surface area contributed by atoms with E-state index < -0.39 is 29.8 Å². The quantitative estimate of drug-likeness (QED) is 0.481. The van der Waals surface area contributed by atoms with E-state index in [1.165, 1.54) is 55.7 Å². The largest absolute Gasteiger partial charge is 0.435 e. The molecule has 2 heterocycles. The number of nitrogens with zero attached hydrogens (tertiary/aromatic N) is 3. The van der Waals surface area contributed by atoms with Gasteiger partial charge in [0.15, 0.2) is 11.5 Å². The lowest BCUT2D eigenvalue weighted by Crippen LogP contribution is -2.41. The van der Waals surface area contributed by atoms with Crippen LogP contribution in [0.2, 0.25) is 0 Å². The summed E-state index contributed by atoms with van der Waals surface area (Å²) in [5, 5.41) is 0. The zero-order valence-electron chi connectivity index (χ0n) is 16.6. The average molecular weight is 444 g/mol. The lowest BCUT2D eigenvalue weighted by atomic mass is 9.81. The van der Waals surface area contributed by atoms with Gasteiger partial charge in [0.05, 0.1) is 0 Å². The van der Waals surface area contributed by atoms with Gasteiger partial charge in [0.25, 0.3) is 5.91 Å². The number of amides is 1. The van der Waals surface area contributed by atoms with Crippen molar-refractivity contribution in [2.75, 3.05) is 7.05 Å². The van der Waals surface area contributed by atoms with E-state index in [0.29, 0.717) is 5.56 Å². The Kier molecular flexibility index (Phi) is 5.29. The van der Waals surface area contributed by atoms with E-state index in [-0.39, 0.29) is 28.4 Å². The van der Waals surface area contributed by atoms with Crippen molar-refractivity contribution >= 4 is 11.9 Å². The molecule has 32 heavy (non-hydrogen) atoms. The first-order valence-corrected chi connectivity index (χ1v) is 9.33. The van der Waals surface area contributed by atoms with Crippen LogP contribution in [0.3, 0.4) is 0 Å². The second-order valence-corrected chi connectivity index (χ2v) is 7.01. The zero-order valence-corrected chi connectivity index (χ0v) is 16.6. The average Bonchev–Trinajstić information content (AvgIpc) is 3.00. The number of carbonyl (C=O) groups is 1. The van der Waals surface area contributed by atoms with Crippen molar-refractivity contribution in [1.29, 1.82) is 0 Å². The Morgan fingerprint density at radius 2 is 1.72 bits per heavy atom. The second kappa shape index (κ2) is 7.95. The number of nitrogens with two attached hydrogens (primary N) is 1. The number of halogens is 4. The number of rotatable bonds is 5. The van der Waals surface area contributed by atoms with Crippen LogP contribution < -0.4 is 10.5 Å². The molecule has 2 N–H and O–H groups in total. The number of alkyl halides is 2. The molecule has 1 atom stereocenters. The number of hydrogen-bond acceptors (Lipinski definition) is 5. The molecule has 10 heteroatoms. The molecule has 0 saturated carbocycles. The molecule has 1 aliphatic rings. The van der Waals surface area contributed by atoms with Crippen molar-refractivity contribution < 1.29 is 27.1 Å². The molecule has 3 aromatic rings. The highest BCUT2D eigenvalue weighted by Gasteiger charge is 2.49. The molecule has 164 valence electrons. The van der Waals surface area contributed by atoms with Gasteiger partial charge in [-0.25, -0.2) is 14.4 Å². The third kappa shape index (κ3) is 3.53. The van der Waals surface area contributed by atoms with Crippen LogP contribution in [0.5, 0.6) is 5.75 Å². The smallest absolute Gasteiger partial charge is 0.387 e. The van der Waals surface area contributed by atoms with Crippen molar-refractivity contribution in [1.82, 2.24) is 9.88 Å². The minimum absolute atomic E-state index is 0.0720. The number of benzene rings is 2. The minimum atomic E-state index is -3.01. The second-order valence-electron chi connectivity index (χ2n) is 7.01. The van der Waals surface area contributed by atoms with Gasteiger partial charge in [-0.2, -0.15) is 13.2 Å². The third-order valence-corrected chi connectivity index (χ3v) is 5.16. The number of likely N-dealkylation sites (N-methyl/N-ethyl adjacent to an activating group) is 1. The molecule has 0 saturated heterocycles. The Morgan fingerprint density at radius 1 is 1.03 bits per heavy atom. The van der Waals surface area contributed by atoms with Crippen LogP contribution in [0.25, 0.3) is 11.1 Å². The standard InChI is InChI=1S/C22H16F4N4O2/c1-30-19(31)22(29-21(30)27,13-3-6-15(7-4-13)32-20(25)26)14-5-8-17(23)16(10-14)12-2-9-18(24)28-11-12/h2-11,20H,1H3,(H2,27,29). The number of ether oxygens (including phenoxy) is 1. The molecule has 1 amide bonds. The molecule has 0 fully saturated rings. The SMILES string of the molecule is CN1C(=O)C(c2ccc(OC(F)F)cc2)(c2ccc(F)c(-c3ccc(F)nc3)c2)N=C1N. The highest BCUT2D eigenvalue weighted by molar-refractivity contribution is 6.09. The fourth-order valence-electron chi connectivity index (χ4n) is 3.57. The van der Waals surface area contributed by atoms with Gasteiger partial charge < -0.3 is 10.5 Å². The number of hydrogen-bond donors (Lipinski definition) is 1. The summed E-state index contributed by atoms with van der Waals surface area (Å²) in [5.41, 5.74) is 5.18. The van der Waals surface area contributed by atoms with Gasteiger partial charge in [-0.05, 0) is 47.5 Å². The van der Waals surface area contributed by atoms with Crippen LogP contribution >= 0.6 is 0 Å². The van der Waals surface area contributed by atoms with Gasteiger partial charge in [0.1, 0.15) is 11.6 Å². The minimum Gasteiger partial charge on any atom is -0.435 e. The van der Waals surface area contributed by atoms with Gasteiger partial charge in [-0.1, -0.05) is 18.2 Å². The predicted molar refractivity (Wildman–Crippen MR) is 108 cm³/mol. The highest BCUT2D eigenvalue weighted by atomic mass is 19.3. The van der Waals surface area contributed by atoms with E-state index in [1.54, 1.807) is 0 Å². The van der Waals surface area contributed by atoms with E-state index in [9.17, 15) is 22.4 Å². The van der Waals surface area contributed by atoms with E-state index >= 15 is 0 Å². The molecule has 1 aliphatic heterocycles.